The topological polar surface area (TPSA) is 35.5 Å². The van der Waals surface area contributed by atoms with Gasteiger partial charge >= 0.3 is 0 Å². The van der Waals surface area contributed by atoms with Gasteiger partial charge in [-0.2, -0.15) is 0 Å². The van der Waals surface area contributed by atoms with E-state index in [0.717, 1.165) is 5.57 Å². The monoisotopic (exact) mass is 286 g/mol. The smallest absolute Gasteiger partial charge is 0.296 e. The first-order chi connectivity index (χ1) is 7.89. The molecule has 0 amide bonds. The van der Waals surface area contributed by atoms with E-state index in [2.05, 4.69) is 26.2 Å². The SMILES string of the molecule is C=C(/C=C(\C)CC(=O)O[Si](C)(C)C)O[Si](C)(C)C. The lowest BCUT2D eigenvalue weighted by molar-refractivity contribution is -0.134. The molecular weight excluding hydrogens is 260 g/mol. The molecule has 0 aliphatic carbocycles. The van der Waals surface area contributed by atoms with Crippen LogP contribution in [-0.4, -0.2) is 22.6 Å². The summed E-state index contributed by atoms with van der Waals surface area (Å²) in [5.74, 6) is 0.469. The van der Waals surface area contributed by atoms with Crippen LogP contribution < -0.4 is 0 Å². The Kier molecular flexibility index (Phi) is 6.09. The summed E-state index contributed by atoms with van der Waals surface area (Å²) < 4.78 is 11.1. The van der Waals surface area contributed by atoms with E-state index >= 15 is 0 Å². The van der Waals surface area contributed by atoms with Gasteiger partial charge in [0.15, 0.2) is 0 Å². The van der Waals surface area contributed by atoms with Gasteiger partial charge in [0.2, 0.25) is 16.6 Å². The van der Waals surface area contributed by atoms with Crippen molar-refractivity contribution in [3.63, 3.8) is 0 Å². The molecule has 5 heteroatoms. The molecule has 0 aromatic carbocycles. The lowest BCUT2D eigenvalue weighted by Crippen LogP contribution is -2.29. The van der Waals surface area contributed by atoms with Crippen LogP contribution in [0.15, 0.2) is 24.0 Å². The van der Waals surface area contributed by atoms with E-state index in [1.165, 1.54) is 0 Å². The summed E-state index contributed by atoms with van der Waals surface area (Å²) in [4.78, 5) is 11.6. The minimum Gasteiger partial charge on any atom is -0.545 e. The number of carbonyl (C=O) groups excluding carboxylic acids is 1. The largest absolute Gasteiger partial charge is 0.545 e. The van der Waals surface area contributed by atoms with E-state index in [1.807, 2.05) is 32.6 Å². The Hall–Kier alpha value is -0.816. The van der Waals surface area contributed by atoms with Gasteiger partial charge in [0.05, 0.1) is 12.2 Å². The summed E-state index contributed by atoms with van der Waals surface area (Å²) in [6, 6.07) is 0. The van der Waals surface area contributed by atoms with Crippen molar-refractivity contribution in [2.45, 2.75) is 52.6 Å². The van der Waals surface area contributed by atoms with E-state index in [4.69, 9.17) is 8.85 Å². The van der Waals surface area contributed by atoms with Crippen LogP contribution in [0.3, 0.4) is 0 Å². The maximum absolute atomic E-state index is 11.6. The Balaban J connectivity index is 4.36. The van der Waals surface area contributed by atoms with Gasteiger partial charge < -0.3 is 8.85 Å². The van der Waals surface area contributed by atoms with Crippen LogP contribution in [0.5, 0.6) is 0 Å². The van der Waals surface area contributed by atoms with Gasteiger partial charge in [-0.1, -0.05) is 12.2 Å². The molecular formula is C13H26O3Si2. The average Bonchev–Trinajstić information content (AvgIpc) is 1.92. The normalized spacial score (nSPS) is 13.2. The first-order valence-electron chi connectivity index (χ1n) is 6.16. The third kappa shape index (κ3) is 10.3. The van der Waals surface area contributed by atoms with Crippen molar-refractivity contribution in [2.24, 2.45) is 0 Å². The molecule has 0 aliphatic rings. The van der Waals surface area contributed by atoms with E-state index < -0.39 is 16.6 Å². The third-order valence-corrected chi connectivity index (χ3v) is 3.40. The van der Waals surface area contributed by atoms with Crippen molar-refractivity contribution in [1.82, 2.24) is 0 Å². The van der Waals surface area contributed by atoms with E-state index in [1.54, 1.807) is 0 Å². The Bertz CT molecular complexity index is 346. The molecule has 0 spiro atoms. The zero-order chi connectivity index (χ0) is 14.6. The molecule has 0 aromatic rings. The molecule has 3 nitrogen and oxygen atoms in total. The minimum atomic E-state index is -1.79. The maximum atomic E-state index is 11.6. The molecule has 0 saturated heterocycles. The van der Waals surface area contributed by atoms with Gasteiger partial charge in [-0.05, 0) is 52.3 Å². The van der Waals surface area contributed by atoms with Crippen molar-refractivity contribution in [3.8, 4) is 0 Å². The molecule has 0 radical (unpaired) electrons. The molecule has 0 bridgehead atoms. The quantitative estimate of drug-likeness (QED) is 0.419. The third-order valence-electron chi connectivity index (χ3n) is 1.69. The lowest BCUT2D eigenvalue weighted by atomic mass is 10.2. The fourth-order valence-corrected chi connectivity index (χ4v) is 2.95. The molecule has 0 heterocycles. The number of hydrogen-bond donors (Lipinski definition) is 0. The summed E-state index contributed by atoms with van der Waals surface area (Å²) in [7, 11) is -3.41. The van der Waals surface area contributed by atoms with Crippen molar-refractivity contribution >= 4 is 22.6 Å². The zero-order valence-electron chi connectivity index (χ0n) is 12.7. The summed E-state index contributed by atoms with van der Waals surface area (Å²) in [6.45, 7) is 18.0. The molecule has 0 aliphatic heterocycles. The van der Waals surface area contributed by atoms with Gasteiger partial charge in [0.25, 0.3) is 5.97 Å². The standard InChI is InChI=1S/C13H26O3Si2/c1-11(9-12(2)15-17(3,4)5)10-13(14)16-18(6,7)8/h9H,2,10H2,1,3-8H3/b11-9+. The summed E-state index contributed by atoms with van der Waals surface area (Å²) in [5, 5.41) is 0. The van der Waals surface area contributed by atoms with Gasteiger partial charge in [-0.15, -0.1) is 0 Å². The fourth-order valence-electron chi connectivity index (χ4n) is 1.35. The predicted molar refractivity (Wildman–Crippen MR) is 81.4 cm³/mol. The van der Waals surface area contributed by atoms with Crippen LogP contribution in [0.25, 0.3) is 0 Å². The summed E-state index contributed by atoms with van der Waals surface area (Å²) >= 11 is 0. The van der Waals surface area contributed by atoms with Crippen LogP contribution in [-0.2, 0) is 13.6 Å². The Morgan fingerprint density at radius 2 is 1.50 bits per heavy atom. The van der Waals surface area contributed by atoms with Gasteiger partial charge in [-0.25, -0.2) is 0 Å². The highest BCUT2D eigenvalue weighted by atomic mass is 28.4. The number of rotatable bonds is 6. The molecule has 0 unspecified atom stereocenters. The van der Waals surface area contributed by atoms with E-state index in [-0.39, 0.29) is 5.97 Å². The van der Waals surface area contributed by atoms with Gasteiger partial charge in [0, 0.05) is 0 Å². The van der Waals surface area contributed by atoms with Crippen LogP contribution in [0.1, 0.15) is 13.3 Å². The summed E-state index contributed by atoms with van der Waals surface area (Å²) in [6.07, 6.45) is 2.13. The van der Waals surface area contributed by atoms with Crippen molar-refractivity contribution in [3.05, 3.63) is 24.0 Å². The lowest BCUT2D eigenvalue weighted by Gasteiger charge is -2.20. The van der Waals surface area contributed by atoms with Gasteiger partial charge in [-0.3, -0.25) is 4.79 Å². The molecule has 0 saturated carbocycles. The highest BCUT2D eigenvalue weighted by molar-refractivity contribution is 6.71. The van der Waals surface area contributed by atoms with Crippen LogP contribution in [0.2, 0.25) is 39.3 Å². The average molecular weight is 287 g/mol. The van der Waals surface area contributed by atoms with Crippen molar-refractivity contribution in [2.75, 3.05) is 0 Å². The second-order valence-corrected chi connectivity index (χ2v) is 15.3. The van der Waals surface area contributed by atoms with Crippen molar-refractivity contribution < 1.29 is 13.6 Å². The second-order valence-electron chi connectivity index (χ2n) is 6.43. The maximum Gasteiger partial charge on any atom is 0.296 e. The number of hydrogen-bond acceptors (Lipinski definition) is 3. The highest BCUT2D eigenvalue weighted by Crippen LogP contribution is 2.14. The second kappa shape index (κ2) is 6.38. The molecule has 0 rings (SSSR count). The molecule has 18 heavy (non-hydrogen) atoms. The minimum absolute atomic E-state index is 0.163. The number of allylic oxidation sites excluding steroid dienone is 1. The zero-order valence-corrected chi connectivity index (χ0v) is 14.7. The van der Waals surface area contributed by atoms with E-state index in [0.29, 0.717) is 12.2 Å². The highest BCUT2D eigenvalue weighted by Gasteiger charge is 2.20. The first kappa shape index (κ1) is 17.2. The summed E-state index contributed by atoms with van der Waals surface area (Å²) in [5.41, 5.74) is 0.918. The Morgan fingerprint density at radius 1 is 1.06 bits per heavy atom. The predicted octanol–water partition coefficient (Wildman–Crippen LogP) is 4.07. The van der Waals surface area contributed by atoms with Crippen molar-refractivity contribution in [1.29, 1.82) is 0 Å². The van der Waals surface area contributed by atoms with Crippen LogP contribution in [0, 0.1) is 0 Å². The molecule has 0 aromatic heterocycles. The molecule has 0 atom stereocenters. The Labute approximate surface area is 113 Å². The van der Waals surface area contributed by atoms with Gasteiger partial charge in [0.1, 0.15) is 0 Å². The van der Waals surface area contributed by atoms with Crippen LogP contribution >= 0.6 is 0 Å². The number of carbonyl (C=O) groups is 1. The molecule has 104 valence electrons. The first-order valence-corrected chi connectivity index (χ1v) is 13.0. The molecule has 0 N–H and O–H groups in total. The Morgan fingerprint density at radius 3 is 1.89 bits per heavy atom. The molecule has 0 fully saturated rings. The van der Waals surface area contributed by atoms with Crippen LogP contribution in [0.4, 0.5) is 0 Å². The fraction of sp³-hybridized carbons (Fsp3) is 0.615. The van der Waals surface area contributed by atoms with E-state index in [9.17, 15) is 4.79 Å².